The summed E-state index contributed by atoms with van der Waals surface area (Å²) in [6.07, 6.45) is 0. The van der Waals surface area contributed by atoms with E-state index in [9.17, 15) is 10.1 Å². The van der Waals surface area contributed by atoms with Crippen LogP contribution in [0, 0.1) is 10.1 Å². The van der Waals surface area contributed by atoms with Crippen molar-refractivity contribution in [2.45, 2.75) is 19.4 Å². The summed E-state index contributed by atoms with van der Waals surface area (Å²) in [7, 11) is 1.86. The van der Waals surface area contributed by atoms with Crippen molar-refractivity contribution in [3.63, 3.8) is 0 Å². The normalized spacial score (nSPS) is 11.4. The Morgan fingerprint density at radius 3 is 2.14 bits per heavy atom. The molecule has 1 rings (SSSR count). The van der Waals surface area contributed by atoms with E-state index in [-0.39, 0.29) is 11.2 Å². The molecule has 0 aliphatic rings. The van der Waals surface area contributed by atoms with E-state index >= 15 is 0 Å². The second-order valence-corrected chi connectivity index (χ2v) is 3.68. The molecule has 0 amide bonds. The molecule has 4 nitrogen and oxygen atoms in total. The Morgan fingerprint density at radius 2 is 1.79 bits per heavy atom. The van der Waals surface area contributed by atoms with Crippen LogP contribution in [0.3, 0.4) is 0 Å². The number of nitrogens with zero attached hydrogens (tertiary/aromatic N) is 1. The highest BCUT2D eigenvalue weighted by Crippen LogP contribution is 2.21. The molecular weight excluding hydrogens is 180 g/mol. The third kappa shape index (κ3) is 2.09. The Kier molecular flexibility index (Phi) is 2.86. The van der Waals surface area contributed by atoms with Crippen LogP contribution >= 0.6 is 0 Å². The minimum Gasteiger partial charge on any atom is -0.311 e. The van der Waals surface area contributed by atoms with Gasteiger partial charge in [-0.15, -0.1) is 0 Å². The molecule has 0 fully saturated rings. The van der Waals surface area contributed by atoms with E-state index in [0.717, 1.165) is 5.56 Å². The molecule has 0 aliphatic heterocycles. The number of rotatable bonds is 3. The van der Waals surface area contributed by atoms with E-state index in [1.807, 2.05) is 20.9 Å². The summed E-state index contributed by atoms with van der Waals surface area (Å²) in [5.41, 5.74) is 1.00. The Hall–Kier alpha value is -1.42. The second kappa shape index (κ2) is 3.75. The number of non-ortho nitro benzene ring substituents is 1. The molecule has 1 aromatic carbocycles. The third-order valence-corrected chi connectivity index (χ3v) is 2.42. The predicted molar refractivity (Wildman–Crippen MR) is 55.2 cm³/mol. The standard InChI is InChI=1S/C10H14N2O2/c1-10(2,11-3)8-4-6-9(7-5-8)12(13)14/h4-7,11H,1-3H3. The molecule has 0 unspecified atom stereocenters. The van der Waals surface area contributed by atoms with Crippen molar-refractivity contribution in [1.29, 1.82) is 0 Å². The Morgan fingerprint density at radius 1 is 1.29 bits per heavy atom. The molecule has 76 valence electrons. The summed E-state index contributed by atoms with van der Waals surface area (Å²) < 4.78 is 0. The van der Waals surface area contributed by atoms with Gasteiger partial charge in [-0.3, -0.25) is 10.1 Å². The van der Waals surface area contributed by atoms with E-state index in [0.29, 0.717) is 0 Å². The average Bonchev–Trinajstić information content (AvgIpc) is 2.18. The SMILES string of the molecule is CNC(C)(C)c1ccc([N+](=O)[O-])cc1. The van der Waals surface area contributed by atoms with Crippen molar-refractivity contribution in [2.75, 3.05) is 7.05 Å². The van der Waals surface area contributed by atoms with Crippen LogP contribution in [-0.2, 0) is 5.54 Å². The van der Waals surface area contributed by atoms with Crippen LogP contribution in [0.2, 0.25) is 0 Å². The van der Waals surface area contributed by atoms with Crippen LogP contribution in [0.1, 0.15) is 19.4 Å². The quantitative estimate of drug-likeness (QED) is 0.591. The summed E-state index contributed by atoms with van der Waals surface area (Å²) >= 11 is 0. The third-order valence-electron chi connectivity index (χ3n) is 2.42. The number of nitrogens with one attached hydrogen (secondary N) is 1. The predicted octanol–water partition coefficient (Wildman–Crippen LogP) is 2.05. The molecular formula is C10H14N2O2. The average molecular weight is 194 g/mol. The minimum absolute atomic E-state index is 0.126. The smallest absolute Gasteiger partial charge is 0.269 e. The number of hydrogen-bond acceptors (Lipinski definition) is 3. The molecule has 0 aromatic heterocycles. The Labute approximate surface area is 83.1 Å². The van der Waals surface area contributed by atoms with Crippen LogP contribution in [0.15, 0.2) is 24.3 Å². The van der Waals surface area contributed by atoms with Gasteiger partial charge in [-0.2, -0.15) is 0 Å². The van der Waals surface area contributed by atoms with Gasteiger partial charge in [0.25, 0.3) is 5.69 Å². The molecule has 1 aromatic rings. The van der Waals surface area contributed by atoms with Crippen LogP contribution in [0.25, 0.3) is 0 Å². The number of benzene rings is 1. The monoisotopic (exact) mass is 194 g/mol. The fraction of sp³-hybridized carbons (Fsp3) is 0.400. The van der Waals surface area contributed by atoms with Crippen LogP contribution in [0.4, 0.5) is 5.69 Å². The van der Waals surface area contributed by atoms with E-state index in [2.05, 4.69) is 5.32 Å². The Bertz CT molecular complexity index is 330. The number of hydrogen-bond donors (Lipinski definition) is 1. The van der Waals surface area contributed by atoms with E-state index in [4.69, 9.17) is 0 Å². The lowest BCUT2D eigenvalue weighted by Crippen LogP contribution is -2.32. The summed E-state index contributed by atoms with van der Waals surface area (Å²) in [4.78, 5) is 10.0. The first-order chi connectivity index (χ1) is 6.47. The lowest BCUT2D eigenvalue weighted by molar-refractivity contribution is -0.384. The maximum Gasteiger partial charge on any atom is 0.269 e. The van der Waals surface area contributed by atoms with Gasteiger partial charge in [0.1, 0.15) is 0 Å². The summed E-state index contributed by atoms with van der Waals surface area (Å²) in [6, 6.07) is 6.59. The first kappa shape index (κ1) is 10.7. The molecule has 0 spiro atoms. The zero-order valence-electron chi connectivity index (χ0n) is 8.57. The van der Waals surface area contributed by atoms with Gasteiger partial charge in [0.2, 0.25) is 0 Å². The molecule has 1 N–H and O–H groups in total. The molecule has 0 heterocycles. The van der Waals surface area contributed by atoms with Gasteiger partial charge in [-0.05, 0) is 26.5 Å². The maximum atomic E-state index is 10.4. The summed E-state index contributed by atoms with van der Waals surface area (Å²) in [5, 5.41) is 13.6. The van der Waals surface area contributed by atoms with Crippen molar-refractivity contribution in [3.8, 4) is 0 Å². The van der Waals surface area contributed by atoms with Gasteiger partial charge >= 0.3 is 0 Å². The molecule has 0 radical (unpaired) electrons. The molecule has 4 heteroatoms. The first-order valence-electron chi connectivity index (χ1n) is 4.41. The molecule has 14 heavy (non-hydrogen) atoms. The zero-order valence-corrected chi connectivity index (χ0v) is 8.57. The van der Waals surface area contributed by atoms with Crippen molar-refractivity contribution in [3.05, 3.63) is 39.9 Å². The largest absolute Gasteiger partial charge is 0.311 e. The van der Waals surface area contributed by atoms with E-state index in [1.54, 1.807) is 12.1 Å². The topological polar surface area (TPSA) is 55.2 Å². The van der Waals surface area contributed by atoms with Gasteiger partial charge in [0, 0.05) is 17.7 Å². The first-order valence-corrected chi connectivity index (χ1v) is 4.41. The number of nitro groups is 1. The molecule has 0 bridgehead atoms. The lowest BCUT2D eigenvalue weighted by Gasteiger charge is -2.24. The zero-order chi connectivity index (χ0) is 10.8. The van der Waals surface area contributed by atoms with Gasteiger partial charge in [0.05, 0.1) is 4.92 Å². The van der Waals surface area contributed by atoms with E-state index in [1.165, 1.54) is 12.1 Å². The second-order valence-electron chi connectivity index (χ2n) is 3.68. The molecule has 0 saturated carbocycles. The van der Waals surface area contributed by atoms with Crippen molar-refractivity contribution in [1.82, 2.24) is 5.32 Å². The number of nitro benzene ring substituents is 1. The Balaban J connectivity index is 2.99. The lowest BCUT2D eigenvalue weighted by atomic mass is 9.94. The maximum absolute atomic E-state index is 10.4. The highest BCUT2D eigenvalue weighted by Gasteiger charge is 2.18. The van der Waals surface area contributed by atoms with Crippen LogP contribution < -0.4 is 5.32 Å². The van der Waals surface area contributed by atoms with Crippen molar-refractivity contribution in [2.24, 2.45) is 0 Å². The fourth-order valence-corrected chi connectivity index (χ4v) is 1.14. The molecule has 0 atom stereocenters. The van der Waals surface area contributed by atoms with E-state index < -0.39 is 4.92 Å². The summed E-state index contributed by atoms with van der Waals surface area (Å²) in [5.74, 6) is 0. The van der Waals surface area contributed by atoms with Crippen LogP contribution in [-0.4, -0.2) is 12.0 Å². The molecule has 0 aliphatic carbocycles. The summed E-state index contributed by atoms with van der Waals surface area (Å²) in [6.45, 7) is 4.04. The van der Waals surface area contributed by atoms with Gasteiger partial charge < -0.3 is 5.32 Å². The molecule has 0 saturated heterocycles. The fourth-order valence-electron chi connectivity index (χ4n) is 1.14. The van der Waals surface area contributed by atoms with Crippen LogP contribution in [0.5, 0.6) is 0 Å². The van der Waals surface area contributed by atoms with Crippen molar-refractivity contribution >= 4 is 5.69 Å². The van der Waals surface area contributed by atoms with Gasteiger partial charge in [-0.1, -0.05) is 12.1 Å². The highest BCUT2D eigenvalue weighted by molar-refractivity contribution is 5.35. The van der Waals surface area contributed by atoms with Gasteiger partial charge in [0.15, 0.2) is 0 Å². The minimum atomic E-state index is -0.393. The van der Waals surface area contributed by atoms with Gasteiger partial charge in [-0.25, -0.2) is 0 Å². The highest BCUT2D eigenvalue weighted by atomic mass is 16.6. The van der Waals surface area contributed by atoms with Crippen molar-refractivity contribution < 1.29 is 4.92 Å².